The monoisotopic (exact) mass is 288 g/mol. The lowest BCUT2D eigenvalue weighted by molar-refractivity contribution is 0.152. The normalized spacial score (nSPS) is 15.1. The molecular weight excluding hydrogens is 266 g/mol. The Morgan fingerprint density at radius 1 is 1.50 bits per heavy atom. The van der Waals surface area contributed by atoms with Gasteiger partial charge in [-0.25, -0.2) is 8.78 Å². The van der Waals surface area contributed by atoms with Crippen molar-refractivity contribution in [1.29, 1.82) is 0 Å². The first-order valence-electron chi connectivity index (χ1n) is 6.92. The molecule has 1 aliphatic rings. The zero-order chi connectivity index (χ0) is 14.7. The summed E-state index contributed by atoms with van der Waals surface area (Å²) in [4.78, 5) is 1.51. The van der Waals surface area contributed by atoms with Gasteiger partial charge in [0.25, 0.3) is 6.43 Å². The highest BCUT2D eigenvalue weighted by molar-refractivity contribution is 5.50. The van der Waals surface area contributed by atoms with Crippen LogP contribution in [0.4, 0.5) is 14.6 Å². The molecule has 0 amide bonds. The van der Waals surface area contributed by atoms with Gasteiger partial charge < -0.3 is 15.3 Å². The van der Waals surface area contributed by atoms with Crippen LogP contribution in [0.5, 0.6) is 0 Å². The molecule has 5 nitrogen and oxygen atoms in total. The Bertz CT molecular complexity index is 446. The van der Waals surface area contributed by atoms with Gasteiger partial charge in [-0.1, -0.05) is 0 Å². The molecule has 0 aromatic carbocycles. The summed E-state index contributed by atoms with van der Waals surface area (Å²) in [6, 6.07) is 0.545. The zero-order valence-corrected chi connectivity index (χ0v) is 11.9. The number of aliphatic hydroxyl groups is 1. The van der Waals surface area contributed by atoms with E-state index in [1.807, 2.05) is 6.92 Å². The minimum atomic E-state index is -2.44. The van der Waals surface area contributed by atoms with E-state index in [9.17, 15) is 8.78 Å². The van der Waals surface area contributed by atoms with E-state index in [1.165, 1.54) is 17.7 Å². The van der Waals surface area contributed by atoms with Crippen molar-refractivity contribution < 1.29 is 13.9 Å². The maximum Gasteiger partial charge on any atom is 0.255 e. The number of hydrogen-bond donors (Lipinski definition) is 2. The summed E-state index contributed by atoms with van der Waals surface area (Å²) in [5.41, 5.74) is 1.78. The molecule has 114 valence electrons. The molecule has 0 unspecified atom stereocenters. The van der Waals surface area contributed by atoms with Gasteiger partial charge in [0, 0.05) is 31.7 Å². The minimum absolute atomic E-state index is 0.160. The second kappa shape index (κ2) is 6.49. The molecule has 0 spiro atoms. The minimum Gasteiger partial charge on any atom is -0.395 e. The molecule has 20 heavy (non-hydrogen) atoms. The van der Waals surface area contributed by atoms with E-state index >= 15 is 0 Å². The third-order valence-corrected chi connectivity index (χ3v) is 3.49. The van der Waals surface area contributed by atoms with Crippen molar-refractivity contribution in [1.82, 2.24) is 15.1 Å². The van der Waals surface area contributed by atoms with Crippen molar-refractivity contribution in [3.8, 4) is 0 Å². The molecule has 2 rings (SSSR count). The van der Waals surface area contributed by atoms with Crippen molar-refractivity contribution in [2.24, 2.45) is 7.05 Å². The Hall–Kier alpha value is -1.21. The summed E-state index contributed by atoms with van der Waals surface area (Å²) in [5.74, 6) is 0.671. The lowest BCUT2D eigenvalue weighted by Crippen LogP contribution is -2.34. The van der Waals surface area contributed by atoms with E-state index < -0.39 is 13.0 Å². The molecule has 1 aromatic heterocycles. The van der Waals surface area contributed by atoms with E-state index in [-0.39, 0.29) is 13.2 Å². The van der Waals surface area contributed by atoms with E-state index in [0.29, 0.717) is 18.4 Å². The number of aryl methyl sites for hydroxylation is 2. The summed E-state index contributed by atoms with van der Waals surface area (Å²) < 4.78 is 27.1. The number of aromatic nitrogens is 2. The molecule has 1 fully saturated rings. The number of nitrogens with zero attached hydrogens (tertiary/aromatic N) is 3. The van der Waals surface area contributed by atoms with Crippen molar-refractivity contribution in [2.75, 3.05) is 24.6 Å². The van der Waals surface area contributed by atoms with E-state index in [0.717, 1.165) is 11.3 Å². The smallest absolute Gasteiger partial charge is 0.255 e. The van der Waals surface area contributed by atoms with Crippen molar-refractivity contribution in [3.63, 3.8) is 0 Å². The van der Waals surface area contributed by atoms with Gasteiger partial charge in [-0.05, 0) is 19.8 Å². The summed E-state index contributed by atoms with van der Waals surface area (Å²) in [6.07, 6.45) is -0.0982. The molecule has 2 N–H and O–H groups in total. The second-order valence-corrected chi connectivity index (χ2v) is 5.23. The van der Waals surface area contributed by atoms with Crippen LogP contribution in [0.1, 0.15) is 24.1 Å². The maximum atomic E-state index is 12.7. The summed E-state index contributed by atoms with van der Waals surface area (Å²) in [5, 5.41) is 16.8. The average molecular weight is 288 g/mol. The first-order chi connectivity index (χ1) is 9.52. The highest BCUT2D eigenvalue weighted by atomic mass is 19.3. The van der Waals surface area contributed by atoms with Crippen LogP contribution in [-0.2, 0) is 13.6 Å². The molecule has 1 saturated carbocycles. The van der Waals surface area contributed by atoms with Crippen LogP contribution >= 0.6 is 0 Å². The topological polar surface area (TPSA) is 53.3 Å². The van der Waals surface area contributed by atoms with Gasteiger partial charge in [-0.15, -0.1) is 0 Å². The molecule has 1 aromatic rings. The molecule has 1 heterocycles. The summed E-state index contributed by atoms with van der Waals surface area (Å²) >= 11 is 0. The number of aliphatic hydroxyl groups excluding tert-OH is 1. The molecule has 0 atom stereocenters. The standard InChI is InChI=1S/C13H22F2N4O/c1-9-11(7-16-10-3-4-10)13(18(2)17-9)19(5-6-20)8-12(14)15/h10,12,16,20H,3-8H2,1-2H3. The highest BCUT2D eigenvalue weighted by Crippen LogP contribution is 2.26. The Kier molecular flexibility index (Phi) is 4.93. The number of rotatable bonds is 8. The zero-order valence-electron chi connectivity index (χ0n) is 11.9. The highest BCUT2D eigenvalue weighted by Gasteiger charge is 2.25. The summed E-state index contributed by atoms with van der Waals surface area (Å²) in [7, 11) is 1.75. The fraction of sp³-hybridized carbons (Fsp3) is 0.769. The maximum absolute atomic E-state index is 12.7. The lowest BCUT2D eigenvalue weighted by atomic mass is 10.2. The summed E-state index contributed by atoms with van der Waals surface area (Å²) in [6.45, 7) is 2.14. The van der Waals surface area contributed by atoms with E-state index in [1.54, 1.807) is 11.7 Å². The van der Waals surface area contributed by atoms with Gasteiger partial charge >= 0.3 is 0 Å². The molecule has 0 saturated heterocycles. The van der Waals surface area contributed by atoms with Crippen LogP contribution in [0.2, 0.25) is 0 Å². The molecule has 0 aliphatic heterocycles. The van der Waals surface area contributed by atoms with Crippen molar-refractivity contribution in [3.05, 3.63) is 11.3 Å². The number of anilines is 1. The van der Waals surface area contributed by atoms with Crippen LogP contribution in [-0.4, -0.2) is 47.1 Å². The fourth-order valence-electron chi connectivity index (χ4n) is 2.40. The number of hydrogen-bond acceptors (Lipinski definition) is 4. The molecular formula is C13H22F2N4O. The predicted molar refractivity (Wildman–Crippen MR) is 73.1 cm³/mol. The molecule has 7 heteroatoms. The number of alkyl halides is 2. The van der Waals surface area contributed by atoms with Crippen molar-refractivity contribution in [2.45, 2.75) is 38.8 Å². The van der Waals surface area contributed by atoms with Crippen LogP contribution in [0.25, 0.3) is 0 Å². The molecule has 0 bridgehead atoms. The Balaban J connectivity index is 2.20. The van der Waals surface area contributed by atoms with Gasteiger partial charge in [0.1, 0.15) is 5.82 Å². The van der Waals surface area contributed by atoms with Gasteiger partial charge in [-0.3, -0.25) is 4.68 Å². The molecule has 0 radical (unpaired) electrons. The van der Waals surface area contributed by atoms with Crippen LogP contribution < -0.4 is 10.2 Å². The van der Waals surface area contributed by atoms with Gasteiger partial charge in [0.15, 0.2) is 0 Å². The quantitative estimate of drug-likeness (QED) is 0.750. The van der Waals surface area contributed by atoms with Crippen LogP contribution in [0.15, 0.2) is 0 Å². The third-order valence-electron chi connectivity index (χ3n) is 3.49. The third kappa shape index (κ3) is 3.67. The fourth-order valence-corrected chi connectivity index (χ4v) is 2.40. The predicted octanol–water partition coefficient (Wildman–Crippen LogP) is 1.04. The SMILES string of the molecule is Cc1nn(C)c(N(CCO)CC(F)F)c1CNC1CC1. The number of halogens is 2. The largest absolute Gasteiger partial charge is 0.395 e. The Morgan fingerprint density at radius 2 is 2.20 bits per heavy atom. The average Bonchev–Trinajstić information content (AvgIpc) is 3.12. The van der Waals surface area contributed by atoms with Crippen molar-refractivity contribution >= 4 is 5.82 Å². The van der Waals surface area contributed by atoms with Gasteiger partial charge in [0.2, 0.25) is 0 Å². The Labute approximate surface area is 117 Å². The first kappa shape index (κ1) is 15.2. The van der Waals surface area contributed by atoms with Gasteiger partial charge in [0.05, 0.1) is 18.8 Å². The van der Waals surface area contributed by atoms with Gasteiger partial charge in [-0.2, -0.15) is 5.10 Å². The van der Waals surface area contributed by atoms with E-state index in [4.69, 9.17) is 5.11 Å². The second-order valence-electron chi connectivity index (χ2n) is 5.23. The first-order valence-corrected chi connectivity index (χ1v) is 6.92. The van der Waals surface area contributed by atoms with Crippen LogP contribution in [0, 0.1) is 6.92 Å². The molecule has 1 aliphatic carbocycles. The Morgan fingerprint density at radius 3 is 2.75 bits per heavy atom. The number of nitrogens with one attached hydrogen (secondary N) is 1. The lowest BCUT2D eigenvalue weighted by Gasteiger charge is -2.25. The van der Waals surface area contributed by atoms with E-state index in [2.05, 4.69) is 10.4 Å². The van der Waals surface area contributed by atoms with Crippen LogP contribution in [0.3, 0.4) is 0 Å².